The maximum absolute atomic E-state index is 4.22. The Balaban J connectivity index is 1.85. The van der Waals surface area contributed by atoms with Gasteiger partial charge < -0.3 is 10.3 Å². The van der Waals surface area contributed by atoms with Gasteiger partial charge in [-0.1, -0.05) is 20.8 Å². The van der Waals surface area contributed by atoms with Gasteiger partial charge in [0, 0.05) is 18.4 Å². The average Bonchev–Trinajstić information content (AvgIpc) is 2.70. The zero-order chi connectivity index (χ0) is 10.9. The third kappa shape index (κ3) is 2.59. The Labute approximate surface area is 91.7 Å². The molecule has 0 aromatic carbocycles. The first kappa shape index (κ1) is 10.7. The molecular formula is C12H21N3. The summed E-state index contributed by atoms with van der Waals surface area (Å²) in [5.74, 6) is 1.81. The first-order valence-electron chi connectivity index (χ1n) is 5.78. The molecule has 1 fully saturated rings. The zero-order valence-corrected chi connectivity index (χ0v) is 9.88. The molecule has 15 heavy (non-hydrogen) atoms. The van der Waals surface area contributed by atoms with Crippen LogP contribution in [-0.2, 0) is 6.54 Å². The van der Waals surface area contributed by atoms with Crippen LogP contribution in [0.4, 0.5) is 0 Å². The number of rotatable bonds is 3. The van der Waals surface area contributed by atoms with Crippen LogP contribution in [0.2, 0.25) is 0 Å². The first-order chi connectivity index (χ1) is 7.07. The third-order valence-electron chi connectivity index (χ3n) is 3.42. The van der Waals surface area contributed by atoms with Crippen LogP contribution in [0, 0.1) is 11.3 Å². The lowest BCUT2D eigenvalue weighted by molar-refractivity contribution is 0.361. The van der Waals surface area contributed by atoms with Gasteiger partial charge in [-0.3, -0.25) is 0 Å². The number of hydrogen-bond donors (Lipinski definition) is 2. The summed E-state index contributed by atoms with van der Waals surface area (Å²) in [5.41, 5.74) is 0.500. The van der Waals surface area contributed by atoms with Crippen LogP contribution in [0.25, 0.3) is 0 Å². The van der Waals surface area contributed by atoms with Crippen LogP contribution >= 0.6 is 0 Å². The van der Waals surface area contributed by atoms with Crippen molar-refractivity contribution in [1.29, 1.82) is 0 Å². The van der Waals surface area contributed by atoms with Crippen LogP contribution in [-0.4, -0.2) is 16.0 Å². The van der Waals surface area contributed by atoms with E-state index in [1.165, 1.54) is 12.8 Å². The van der Waals surface area contributed by atoms with Crippen LogP contribution in [0.15, 0.2) is 12.4 Å². The molecule has 2 N–H and O–H groups in total. The molecule has 1 aliphatic carbocycles. The molecular weight excluding hydrogens is 186 g/mol. The van der Waals surface area contributed by atoms with Crippen molar-refractivity contribution in [2.75, 3.05) is 0 Å². The van der Waals surface area contributed by atoms with E-state index in [1.807, 2.05) is 6.20 Å². The van der Waals surface area contributed by atoms with Crippen molar-refractivity contribution < 1.29 is 0 Å². The van der Waals surface area contributed by atoms with Gasteiger partial charge in [0.1, 0.15) is 5.82 Å². The fraction of sp³-hybridized carbons (Fsp3) is 0.750. The van der Waals surface area contributed by atoms with E-state index in [1.54, 1.807) is 6.20 Å². The van der Waals surface area contributed by atoms with E-state index in [4.69, 9.17) is 0 Å². The summed E-state index contributed by atoms with van der Waals surface area (Å²) in [6.45, 7) is 7.92. The van der Waals surface area contributed by atoms with Gasteiger partial charge >= 0.3 is 0 Å². The number of hydrogen-bond acceptors (Lipinski definition) is 2. The lowest BCUT2D eigenvalue weighted by atomic mass is 9.91. The van der Waals surface area contributed by atoms with Crippen molar-refractivity contribution >= 4 is 0 Å². The molecule has 2 atom stereocenters. The molecule has 0 radical (unpaired) electrons. The van der Waals surface area contributed by atoms with Gasteiger partial charge in [0.25, 0.3) is 0 Å². The molecule has 2 rings (SSSR count). The standard InChI is InChI=1S/C12H21N3/c1-9-6-12(2,3)7-10(9)15-8-11-13-4-5-14-11/h4-5,9-10,15H,6-8H2,1-3H3,(H,13,14). The highest BCUT2D eigenvalue weighted by Crippen LogP contribution is 2.40. The van der Waals surface area contributed by atoms with E-state index >= 15 is 0 Å². The fourth-order valence-electron chi connectivity index (χ4n) is 2.79. The second-order valence-electron chi connectivity index (χ2n) is 5.57. The molecule has 0 amide bonds. The lowest BCUT2D eigenvalue weighted by Gasteiger charge is -2.17. The molecule has 84 valence electrons. The van der Waals surface area contributed by atoms with Gasteiger partial charge in [-0.05, 0) is 24.2 Å². The number of nitrogens with zero attached hydrogens (tertiary/aromatic N) is 1. The highest BCUT2D eigenvalue weighted by Gasteiger charge is 2.36. The summed E-state index contributed by atoms with van der Waals surface area (Å²) in [4.78, 5) is 7.34. The van der Waals surface area contributed by atoms with E-state index in [-0.39, 0.29) is 0 Å². The second-order valence-corrected chi connectivity index (χ2v) is 5.57. The average molecular weight is 207 g/mol. The molecule has 0 saturated heterocycles. The van der Waals surface area contributed by atoms with E-state index < -0.39 is 0 Å². The Morgan fingerprint density at radius 1 is 1.53 bits per heavy atom. The number of nitrogens with one attached hydrogen (secondary N) is 2. The highest BCUT2D eigenvalue weighted by atomic mass is 15.0. The van der Waals surface area contributed by atoms with E-state index in [0.29, 0.717) is 11.5 Å². The van der Waals surface area contributed by atoms with Gasteiger partial charge in [0.2, 0.25) is 0 Å². The van der Waals surface area contributed by atoms with E-state index in [2.05, 4.69) is 36.1 Å². The molecule has 3 nitrogen and oxygen atoms in total. The maximum Gasteiger partial charge on any atom is 0.120 e. The third-order valence-corrected chi connectivity index (χ3v) is 3.42. The summed E-state index contributed by atoms with van der Waals surface area (Å²) < 4.78 is 0. The Bertz CT molecular complexity index is 303. The summed E-state index contributed by atoms with van der Waals surface area (Å²) in [6, 6.07) is 0.644. The number of aromatic amines is 1. The van der Waals surface area contributed by atoms with Crippen molar-refractivity contribution in [3.8, 4) is 0 Å². The molecule has 1 heterocycles. The topological polar surface area (TPSA) is 40.7 Å². The molecule has 1 saturated carbocycles. The summed E-state index contributed by atoms with van der Waals surface area (Å²) in [5, 5.41) is 3.60. The predicted molar refractivity (Wildman–Crippen MR) is 61.4 cm³/mol. The summed E-state index contributed by atoms with van der Waals surface area (Å²) in [6.07, 6.45) is 6.27. The monoisotopic (exact) mass is 207 g/mol. The van der Waals surface area contributed by atoms with E-state index in [0.717, 1.165) is 18.3 Å². The van der Waals surface area contributed by atoms with Crippen LogP contribution in [0.1, 0.15) is 39.4 Å². The Kier molecular flexibility index (Phi) is 2.83. The lowest BCUT2D eigenvalue weighted by Crippen LogP contribution is -2.31. The first-order valence-corrected chi connectivity index (χ1v) is 5.78. The minimum Gasteiger partial charge on any atom is -0.348 e. The van der Waals surface area contributed by atoms with Crippen molar-refractivity contribution in [3.05, 3.63) is 18.2 Å². The maximum atomic E-state index is 4.22. The van der Waals surface area contributed by atoms with Gasteiger partial charge in [-0.25, -0.2) is 4.98 Å². The van der Waals surface area contributed by atoms with Crippen LogP contribution in [0.5, 0.6) is 0 Å². The van der Waals surface area contributed by atoms with Crippen LogP contribution in [0.3, 0.4) is 0 Å². The van der Waals surface area contributed by atoms with Crippen molar-refractivity contribution in [2.24, 2.45) is 11.3 Å². The molecule has 0 aliphatic heterocycles. The van der Waals surface area contributed by atoms with Crippen LogP contribution < -0.4 is 5.32 Å². The summed E-state index contributed by atoms with van der Waals surface area (Å²) >= 11 is 0. The molecule has 3 heteroatoms. The van der Waals surface area contributed by atoms with Crippen molar-refractivity contribution in [1.82, 2.24) is 15.3 Å². The minimum absolute atomic E-state index is 0.500. The van der Waals surface area contributed by atoms with Gasteiger partial charge in [-0.15, -0.1) is 0 Å². The number of aromatic nitrogens is 2. The summed E-state index contributed by atoms with van der Waals surface area (Å²) in [7, 11) is 0. The minimum atomic E-state index is 0.500. The fourth-order valence-corrected chi connectivity index (χ4v) is 2.79. The Morgan fingerprint density at radius 2 is 2.33 bits per heavy atom. The van der Waals surface area contributed by atoms with E-state index in [9.17, 15) is 0 Å². The van der Waals surface area contributed by atoms with Gasteiger partial charge in [-0.2, -0.15) is 0 Å². The zero-order valence-electron chi connectivity index (χ0n) is 9.88. The molecule has 2 unspecified atom stereocenters. The largest absolute Gasteiger partial charge is 0.348 e. The smallest absolute Gasteiger partial charge is 0.120 e. The quantitative estimate of drug-likeness (QED) is 0.798. The normalized spacial score (nSPS) is 29.5. The Hall–Kier alpha value is -0.830. The second kappa shape index (κ2) is 3.97. The Morgan fingerprint density at radius 3 is 2.87 bits per heavy atom. The van der Waals surface area contributed by atoms with Gasteiger partial charge in [0.05, 0.1) is 6.54 Å². The molecule has 1 aliphatic rings. The molecule has 0 bridgehead atoms. The number of imidazole rings is 1. The molecule has 1 aromatic rings. The molecule has 1 aromatic heterocycles. The van der Waals surface area contributed by atoms with Gasteiger partial charge in [0.15, 0.2) is 0 Å². The van der Waals surface area contributed by atoms with Crippen molar-refractivity contribution in [2.45, 2.75) is 46.2 Å². The number of H-pyrrole nitrogens is 1. The highest BCUT2D eigenvalue weighted by molar-refractivity contribution is 4.93. The SMILES string of the molecule is CC1CC(C)(C)CC1NCc1ncc[nH]1. The predicted octanol–water partition coefficient (Wildman–Crippen LogP) is 2.32. The molecule has 0 spiro atoms. The van der Waals surface area contributed by atoms with Crippen molar-refractivity contribution in [3.63, 3.8) is 0 Å².